The molecule has 1 aromatic heterocycles. The third-order valence-electron chi connectivity index (χ3n) is 6.82. The van der Waals surface area contributed by atoms with Crippen LogP contribution in [0.25, 0.3) is 22.2 Å². The number of aromatic nitrogens is 2. The summed E-state index contributed by atoms with van der Waals surface area (Å²) in [5, 5.41) is 9.42. The van der Waals surface area contributed by atoms with E-state index in [1.807, 2.05) is 59.2 Å². The number of imidazole rings is 1. The first kappa shape index (κ1) is 24.6. The molecule has 1 aliphatic heterocycles. The van der Waals surface area contributed by atoms with Crippen molar-refractivity contribution in [3.63, 3.8) is 0 Å². The van der Waals surface area contributed by atoms with Crippen LogP contribution < -0.4 is 9.47 Å². The second kappa shape index (κ2) is 10.2. The number of hydrogen-bond donors (Lipinski definition) is 1. The van der Waals surface area contributed by atoms with E-state index in [1.165, 1.54) is 12.1 Å². The lowest BCUT2D eigenvalue weighted by molar-refractivity contribution is 0.0490. The van der Waals surface area contributed by atoms with E-state index in [2.05, 4.69) is 4.98 Å². The minimum absolute atomic E-state index is 0.166. The monoisotopic (exact) mass is 524 g/mol. The summed E-state index contributed by atoms with van der Waals surface area (Å²) in [6.45, 7) is 0.865. The maximum absolute atomic E-state index is 15.5. The number of methoxy groups -OCH3 is 1. The molecule has 1 aliphatic rings. The molecule has 0 saturated carbocycles. The van der Waals surface area contributed by atoms with Gasteiger partial charge in [0.2, 0.25) is 0 Å². The van der Waals surface area contributed by atoms with E-state index >= 15 is 4.39 Å². The van der Waals surface area contributed by atoms with Gasteiger partial charge in [0.05, 0.1) is 23.2 Å². The Morgan fingerprint density at radius 2 is 1.87 bits per heavy atom. The van der Waals surface area contributed by atoms with E-state index in [-0.39, 0.29) is 17.8 Å². The van der Waals surface area contributed by atoms with Crippen LogP contribution in [-0.2, 0) is 17.7 Å². The number of fused-ring (bicyclic) bond motifs is 2. The van der Waals surface area contributed by atoms with Gasteiger partial charge in [-0.3, -0.25) is 0 Å². The summed E-state index contributed by atoms with van der Waals surface area (Å²) in [4.78, 5) is 16.2. The van der Waals surface area contributed by atoms with E-state index in [1.54, 1.807) is 25.3 Å². The van der Waals surface area contributed by atoms with E-state index in [0.717, 1.165) is 11.1 Å². The molecular formula is C31H25FN2O5. The Balaban J connectivity index is 1.31. The van der Waals surface area contributed by atoms with Crippen molar-refractivity contribution in [1.29, 1.82) is 0 Å². The van der Waals surface area contributed by atoms with Gasteiger partial charge in [-0.05, 0) is 41.5 Å². The summed E-state index contributed by atoms with van der Waals surface area (Å²) in [6.07, 6.45) is -0.330. The molecule has 6 rings (SSSR count). The molecule has 0 fully saturated rings. The zero-order valence-electron chi connectivity index (χ0n) is 21.1. The van der Waals surface area contributed by atoms with Crippen LogP contribution in [-0.4, -0.2) is 34.3 Å². The topological polar surface area (TPSA) is 82.8 Å². The number of hydrogen-bond acceptors (Lipinski definition) is 5. The second-order valence-electron chi connectivity index (χ2n) is 9.28. The molecule has 1 atom stereocenters. The van der Waals surface area contributed by atoms with Crippen LogP contribution in [0.1, 0.15) is 33.6 Å². The molecule has 0 radical (unpaired) electrons. The molecule has 0 amide bonds. The zero-order chi connectivity index (χ0) is 26.9. The Hall–Kier alpha value is -4.69. The summed E-state index contributed by atoms with van der Waals surface area (Å²) in [7, 11) is 1.59. The quantitative estimate of drug-likeness (QED) is 0.258. The maximum Gasteiger partial charge on any atom is 0.335 e. The van der Waals surface area contributed by atoms with Crippen LogP contribution in [0.5, 0.6) is 11.5 Å². The van der Waals surface area contributed by atoms with Gasteiger partial charge in [-0.1, -0.05) is 54.6 Å². The Bertz CT molecular complexity index is 1680. The molecule has 196 valence electrons. The van der Waals surface area contributed by atoms with Crippen molar-refractivity contribution < 1.29 is 28.5 Å². The SMILES string of the molecule is COCCn1c(Cc2ccc(-c3cccc4c3O[C@@H](c3ccccc3)O4)cc2F)nc2ccc(C(=O)O)cc21. The van der Waals surface area contributed by atoms with Crippen LogP contribution in [0, 0.1) is 5.82 Å². The van der Waals surface area contributed by atoms with Gasteiger partial charge in [-0.25, -0.2) is 14.2 Å². The molecule has 0 saturated heterocycles. The highest BCUT2D eigenvalue weighted by Gasteiger charge is 2.28. The van der Waals surface area contributed by atoms with Crippen molar-refractivity contribution in [1.82, 2.24) is 9.55 Å². The molecule has 0 spiro atoms. The molecule has 0 unspecified atom stereocenters. The minimum Gasteiger partial charge on any atom is -0.478 e. The van der Waals surface area contributed by atoms with Crippen molar-refractivity contribution in [3.8, 4) is 22.6 Å². The molecule has 0 aliphatic carbocycles. The smallest absolute Gasteiger partial charge is 0.335 e. The van der Waals surface area contributed by atoms with Crippen LogP contribution >= 0.6 is 0 Å². The molecular weight excluding hydrogens is 499 g/mol. The molecule has 1 N–H and O–H groups in total. The first-order valence-electron chi connectivity index (χ1n) is 12.5. The third kappa shape index (κ3) is 4.70. The highest BCUT2D eigenvalue weighted by molar-refractivity contribution is 5.92. The number of carbonyl (C=O) groups is 1. The Labute approximate surface area is 224 Å². The van der Waals surface area contributed by atoms with Crippen LogP contribution in [0.2, 0.25) is 0 Å². The van der Waals surface area contributed by atoms with Gasteiger partial charge < -0.3 is 23.9 Å². The number of carboxylic acid groups (broad SMARTS) is 1. The predicted octanol–water partition coefficient (Wildman–Crippen LogP) is 6.25. The fourth-order valence-electron chi connectivity index (χ4n) is 4.85. The lowest BCUT2D eigenvalue weighted by atomic mass is 10.0. The first-order chi connectivity index (χ1) is 19.0. The third-order valence-corrected chi connectivity index (χ3v) is 6.82. The predicted molar refractivity (Wildman–Crippen MR) is 144 cm³/mol. The van der Waals surface area contributed by atoms with Gasteiger partial charge in [0.1, 0.15) is 11.6 Å². The summed E-state index contributed by atoms with van der Waals surface area (Å²) in [6, 6.07) is 25.1. The number of nitrogens with zero attached hydrogens (tertiary/aromatic N) is 2. The van der Waals surface area contributed by atoms with Gasteiger partial charge >= 0.3 is 5.97 Å². The minimum atomic E-state index is -1.02. The van der Waals surface area contributed by atoms with E-state index in [0.29, 0.717) is 52.6 Å². The van der Waals surface area contributed by atoms with Gasteiger partial charge in [0.15, 0.2) is 11.5 Å². The highest BCUT2D eigenvalue weighted by Crippen LogP contribution is 2.46. The molecule has 4 aromatic carbocycles. The summed E-state index contributed by atoms with van der Waals surface area (Å²) in [5.41, 5.74) is 4.26. The fourth-order valence-corrected chi connectivity index (χ4v) is 4.85. The van der Waals surface area contributed by atoms with Crippen LogP contribution in [0.3, 0.4) is 0 Å². The van der Waals surface area contributed by atoms with E-state index in [4.69, 9.17) is 14.2 Å². The van der Waals surface area contributed by atoms with Crippen LogP contribution in [0.15, 0.2) is 84.9 Å². The number of aromatic carboxylic acids is 1. The molecule has 5 aromatic rings. The second-order valence-corrected chi connectivity index (χ2v) is 9.28. The van der Waals surface area contributed by atoms with Gasteiger partial charge in [-0.15, -0.1) is 0 Å². The normalized spacial score (nSPS) is 14.2. The number of rotatable bonds is 8. The van der Waals surface area contributed by atoms with E-state index < -0.39 is 12.3 Å². The average Bonchev–Trinajstić information content (AvgIpc) is 3.54. The number of para-hydroxylation sites is 1. The highest BCUT2D eigenvalue weighted by atomic mass is 19.1. The van der Waals surface area contributed by atoms with Crippen molar-refractivity contribution in [2.24, 2.45) is 0 Å². The van der Waals surface area contributed by atoms with Crippen molar-refractivity contribution >= 4 is 17.0 Å². The summed E-state index contributed by atoms with van der Waals surface area (Å²) >= 11 is 0. The molecule has 0 bridgehead atoms. The van der Waals surface area contributed by atoms with Crippen molar-refractivity contribution in [3.05, 3.63) is 113 Å². The number of carboxylic acids is 1. The van der Waals surface area contributed by atoms with E-state index in [9.17, 15) is 9.90 Å². The first-order valence-corrected chi connectivity index (χ1v) is 12.5. The molecule has 7 nitrogen and oxygen atoms in total. The largest absolute Gasteiger partial charge is 0.478 e. The Kier molecular flexibility index (Phi) is 6.46. The molecule has 2 heterocycles. The van der Waals surface area contributed by atoms with Gasteiger partial charge in [-0.2, -0.15) is 0 Å². The number of halogens is 1. The summed E-state index contributed by atoms with van der Waals surface area (Å²) < 4.78 is 34.8. The maximum atomic E-state index is 15.5. The Morgan fingerprint density at radius 1 is 1.03 bits per heavy atom. The van der Waals surface area contributed by atoms with Crippen molar-refractivity contribution in [2.75, 3.05) is 13.7 Å². The lowest BCUT2D eigenvalue weighted by Gasteiger charge is -2.12. The van der Waals surface area contributed by atoms with Crippen molar-refractivity contribution in [2.45, 2.75) is 19.3 Å². The number of benzene rings is 4. The average molecular weight is 525 g/mol. The van der Waals surface area contributed by atoms with Gasteiger partial charge in [0.25, 0.3) is 6.29 Å². The lowest BCUT2D eigenvalue weighted by Crippen LogP contribution is -2.10. The van der Waals surface area contributed by atoms with Crippen LogP contribution in [0.4, 0.5) is 4.39 Å². The molecule has 39 heavy (non-hydrogen) atoms. The zero-order valence-corrected chi connectivity index (χ0v) is 21.1. The molecule has 8 heteroatoms. The Morgan fingerprint density at radius 3 is 2.64 bits per heavy atom. The number of ether oxygens (including phenoxy) is 3. The summed E-state index contributed by atoms with van der Waals surface area (Å²) in [5.74, 6) is 0.420. The van der Waals surface area contributed by atoms with Gasteiger partial charge in [0, 0.05) is 31.2 Å². The standard InChI is InChI=1S/C31H25FN2O5/c1-37-15-14-34-26-17-22(30(35)36)12-13-25(26)33-28(34)18-21-11-10-20(16-24(21)32)23-8-5-9-27-29(23)39-31(38-27)19-6-3-2-4-7-19/h2-13,16-17,31H,14-15,18H2,1H3,(H,35,36)/t31-/m0/s1. The fraction of sp³-hybridized carbons (Fsp3) is 0.161.